The van der Waals surface area contributed by atoms with Gasteiger partial charge in [0, 0.05) is 5.69 Å². The van der Waals surface area contributed by atoms with Crippen molar-refractivity contribution in [2.75, 3.05) is 5.32 Å². The van der Waals surface area contributed by atoms with E-state index in [0.29, 0.717) is 0 Å². The molecule has 2 rings (SSSR count). The Morgan fingerprint density at radius 1 is 0.944 bits per heavy atom. The summed E-state index contributed by atoms with van der Waals surface area (Å²) >= 11 is 0. The predicted octanol–water partition coefficient (Wildman–Crippen LogP) is 4.00. The minimum atomic E-state index is -0.0902. The number of anilines is 1. The first kappa shape index (κ1) is 12.2. The Morgan fingerprint density at radius 2 is 1.50 bits per heavy atom. The first-order chi connectivity index (χ1) is 8.81. The quantitative estimate of drug-likeness (QED) is 0.871. The standard InChI is InChI=1S/C16H16N2/c1-13(12-17)16(14-8-4-2-5-9-14)18-15-10-6-3-7-11-15/h2-11,13,16,18H,1H3/t13-,16-/m1/s1. The number of para-hydroxylation sites is 1. The summed E-state index contributed by atoms with van der Waals surface area (Å²) < 4.78 is 0. The molecule has 0 radical (unpaired) electrons. The van der Waals surface area contributed by atoms with Crippen LogP contribution in [0.15, 0.2) is 60.7 Å². The van der Waals surface area contributed by atoms with Crippen molar-refractivity contribution in [1.29, 1.82) is 5.26 Å². The Labute approximate surface area is 108 Å². The van der Waals surface area contributed by atoms with E-state index in [1.807, 2.05) is 55.5 Å². The normalized spacial score (nSPS) is 13.3. The summed E-state index contributed by atoms with van der Waals surface area (Å²) in [5.41, 5.74) is 2.17. The number of nitriles is 1. The molecule has 0 unspecified atom stereocenters. The Kier molecular flexibility index (Phi) is 3.98. The molecule has 0 aliphatic carbocycles. The van der Waals surface area contributed by atoms with Gasteiger partial charge in [-0.25, -0.2) is 0 Å². The lowest BCUT2D eigenvalue weighted by Gasteiger charge is -2.22. The Morgan fingerprint density at radius 3 is 2.06 bits per heavy atom. The zero-order valence-electron chi connectivity index (χ0n) is 10.4. The first-order valence-corrected chi connectivity index (χ1v) is 6.07. The van der Waals surface area contributed by atoms with Gasteiger partial charge in [-0.15, -0.1) is 0 Å². The zero-order valence-corrected chi connectivity index (χ0v) is 10.4. The van der Waals surface area contributed by atoms with Crippen LogP contribution in [0.25, 0.3) is 0 Å². The fourth-order valence-electron chi connectivity index (χ4n) is 1.95. The van der Waals surface area contributed by atoms with E-state index in [0.717, 1.165) is 11.3 Å². The number of nitrogens with one attached hydrogen (secondary N) is 1. The van der Waals surface area contributed by atoms with E-state index < -0.39 is 0 Å². The number of rotatable bonds is 4. The van der Waals surface area contributed by atoms with Crippen molar-refractivity contribution >= 4 is 5.69 Å². The number of hydrogen-bond acceptors (Lipinski definition) is 2. The van der Waals surface area contributed by atoms with Crippen molar-refractivity contribution in [2.45, 2.75) is 13.0 Å². The van der Waals surface area contributed by atoms with Crippen LogP contribution in [0.2, 0.25) is 0 Å². The summed E-state index contributed by atoms with van der Waals surface area (Å²) in [5, 5.41) is 12.6. The molecule has 2 aromatic carbocycles. The van der Waals surface area contributed by atoms with Crippen molar-refractivity contribution < 1.29 is 0 Å². The van der Waals surface area contributed by atoms with Gasteiger partial charge >= 0.3 is 0 Å². The Bertz CT molecular complexity index is 514. The zero-order chi connectivity index (χ0) is 12.8. The van der Waals surface area contributed by atoms with Gasteiger partial charge in [0.2, 0.25) is 0 Å². The van der Waals surface area contributed by atoms with Crippen molar-refractivity contribution in [3.63, 3.8) is 0 Å². The minimum Gasteiger partial charge on any atom is -0.377 e. The monoisotopic (exact) mass is 236 g/mol. The molecule has 0 aliphatic heterocycles. The maximum Gasteiger partial charge on any atom is 0.0678 e. The van der Waals surface area contributed by atoms with Crippen LogP contribution in [0.1, 0.15) is 18.5 Å². The molecule has 18 heavy (non-hydrogen) atoms. The molecular weight excluding hydrogens is 220 g/mol. The molecular formula is C16H16N2. The third-order valence-electron chi connectivity index (χ3n) is 2.96. The molecule has 2 nitrogen and oxygen atoms in total. The van der Waals surface area contributed by atoms with E-state index in [1.165, 1.54) is 0 Å². The topological polar surface area (TPSA) is 35.8 Å². The maximum atomic E-state index is 9.15. The minimum absolute atomic E-state index is 0.0126. The van der Waals surface area contributed by atoms with Crippen molar-refractivity contribution in [1.82, 2.24) is 0 Å². The van der Waals surface area contributed by atoms with Crippen LogP contribution in [-0.2, 0) is 0 Å². The molecule has 0 fully saturated rings. The van der Waals surface area contributed by atoms with Crippen LogP contribution in [0.5, 0.6) is 0 Å². The first-order valence-electron chi connectivity index (χ1n) is 6.07. The van der Waals surface area contributed by atoms with Gasteiger partial charge in [-0.05, 0) is 24.6 Å². The van der Waals surface area contributed by atoms with E-state index in [2.05, 4.69) is 23.5 Å². The van der Waals surface area contributed by atoms with Gasteiger partial charge in [-0.1, -0.05) is 48.5 Å². The number of benzene rings is 2. The smallest absolute Gasteiger partial charge is 0.0678 e. The summed E-state index contributed by atoms with van der Waals surface area (Å²) in [5.74, 6) is -0.0902. The van der Waals surface area contributed by atoms with E-state index in [4.69, 9.17) is 5.26 Å². The molecule has 2 atom stereocenters. The maximum absolute atomic E-state index is 9.15. The number of nitrogens with zero attached hydrogens (tertiary/aromatic N) is 1. The summed E-state index contributed by atoms with van der Waals surface area (Å²) in [4.78, 5) is 0. The SMILES string of the molecule is C[C@H](C#N)[C@@H](Nc1ccccc1)c1ccccc1. The van der Waals surface area contributed by atoms with E-state index in [-0.39, 0.29) is 12.0 Å². The molecule has 0 aliphatic rings. The molecule has 0 heterocycles. The van der Waals surface area contributed by atoms with Crippen molar-refractivity contribution in [3.05, 3.63) is 66.2 Å². The van der Waals surface area contributed by atoms with E-state index in [9.17, 15) is 0 Å². The van der Waals surface area contributed by atoms with Gasteiger partial charge in [-0.2, -0.15) is 5.26 Å². The highest BCUT2D eigenvalue weighted by atomic mass is 14.9. The Balaban J connectivity index is 2.25. The highest BCUT2D eigenvalue weighted by molar-refractivity contribution is 5.45. The van der Waals surface area contributed by atoms with Crippen molar-refractivity contribution in [2.24, 2.45) is 5.92 Å². The van der Waals surface area contributed by atoms with Crippen LogP contribution in [0.4, 0.5) is 5.69 Å². The molecule has 90 valence electrons. The number of hydrogen-bond donors (Lipinski definition) is 1. The fraction of sp³-hybridized carbons (Fsp3) is 0.188. The van der Waals surface area contributed by atoms with Crippen molar-refractivity contribution in [3.8, 4) is 6.07 Å². The van der Waals surface area contributed by atoms with Gasteiger partial charge in [0.1, 0.15) is 0 Å². The molecule has 2 heteroatoms. The highest BCUT2D eigenvalue weighted by Crippen LogP contribution is 2.26. The van der Waals surface area contributed by atoms with Gasteiger partial charge in [-0.3, -0.25) is 0 Å². The van der Waals surface area contributed by atoms with Gasteiger partial charge in [0.05, 0.1) is 18.0 Å². The van der Waals surface area contributed by atoms with Gasteiger partial charge in [0.25, 0.3) is 0 Å². The lowest BCUT2D eigenvalue weighted by molar-refractivity contribution is 0.616. The van der Waals surface area contributed by atoms with Crippen LogP contribution in [0, 0.1) is 17.2 Å². The van der Waals surface area contributed by atoms with E-state index >= 15 is 0 Å². The van der Waals surface area contributed by atoms with Crippen LogP contribution < -0.4 is 5.32 Å². The summed E-state index contributed by atoms with van der Waals surface area (Å²) in [6.07, 6.45) is 0. The third kappa shape index (κ3) is 2.89. The Hall–Kier alpha value is -2.27. The molecule has 0 bridgehead atoms. The largest absolute Gasteiger partial charge is 0.377 e. The molecule has 1 N–H and O–H groups in total. The lowest BCUT2D eigenvalue weighted by Crippen LogP contribution is -2.17. The molecule has 0 spiro atoms. The summed E-state index contributed by atoms with van der Waals surface area (Å²) in [6.45, 7) is 1.94. The summed E-state index contributed by atoms with van der Waals surface area (Å²) in [7, 11) is 0. The molecule has 0 aromatic heterocycles. The van der Waals surface area contributed by atoms with Gasteiger partial charge < -0.3 is 5.32 Å². The average Bonchev–Trinajstić information content (AvgIpc) is 2.46. The lowest BCUT2D eigenvalue weighted by atomic mass is 9.95. The second kappa shape index (κ2) is 5.88. The second-order valence-electron chi connectivity index (χ2n) is 4.32. The molecule has 0 saturated carbocycles. The second-order valence-corrected chi connectivity index (χ2v) is 4.32. The molecule has 0 saturated heterocycles. The van der Waals surface area contributed by atoms with Gasteiger partial charge in [0.15, 0.2) is 0 Å². The van der Waals surface area contributed by atoms with Crippen LogP contribution in [0.3, 0.4) is 0 Å². The highest BCUT2D eigenvalue weighted by Gasteiger charge is 2.18. The van der Waals surface area contributed by atoms with E-state index in [1.54, 1.807) is 0 Å². The predicted molar refractivity (Wildman–Crippen MR) is 74.0 cm³/mol. The summed E-state index contributed by atoms with van der Waals surface area (Å²) in [6, 6.07) is 22.4. The molecule has 2 aromatic rings. The van der Waals surface area contributed by atoms with Crippen LogP contribution >= 0.6 is 0 Å². The third-order valence-corrected chi connectivity index (χ3v) is 2.96. The van der Waals surface area contributed by atoms with Crippen LogP contribution in [-0.4, -0.2) is 0 Å². The molecule has 0 amide bonds. The average molecular weight is 236 g/mol. The fourth-order valence-corrected chi connectivity index (χ4v) is 1.95.